The van der Waals surface area contributed by atoms with Crippen LogP contribution in [-0.2, 0) is 11.3 Å². The van der Waals surface area contributed by atoms with Crippen LogP contribution in [0.5, 0.6) is 5.75 Å². The summed E-state index contributed by atoms with van der Waals surface area (Å²) in [5.74, 6) is 0.185. The van der Waals surface area contributed by atoms with E-state index < -0.39 is 0 Å². The molecule has 1 amide bonds. The molecule has 6 heteroatoms. The molecule has 0 spiro atoms. The van der Waals surface area contributed by atoms with Crippen LogP contribution < -0.4 is 16.0 Å². The third-order valence-corrected chi connectivity index (χ3v) is 3.73. The number of carbonyl (C=O) groups is 1. The fourth-order valence-corrected chi connectivity index (χ4v) is 2.61. The van der Waals surface area contributed by atoms with Crippen LogP contribution >= 0.6 is 0 Å². The van der Waals surface area contributed by atoms with Crippen LogP contribution in [0.15, 0.2) is 23.1 Å². The normalized spacial score (nSPS) is 18.9. The van der Waals surface area contributed by atoms with Crippen molar-refractivity contribution in [2.75, 3.05) is 20.2 Å². The maximum Gasteiger partial charge on any atom is 0.293 e. The van der Waals surface area contributed by atoms with Gasteiger partial charge in [-0.3, -0.25) is 9.59 Å². The largest absolute Gasteiger partial charge is 0.491 e. The van der Waals surface area contributed by atoms with Crippen molar-refractivity contribution in [2.24, 2.45) is 5.73 Å². The van der Waals surface area contributed by atoms with E-state index in [1.165, 1.54) is 11.7 Å². The maximum atomic E-state index is 12.4. The van der Waals surface area contributed by atoms with Crippen LogP contribution in [0.4, 0.5) is 0 Å². The molecule has 0 saturated carbocycles. The zero-order valence-corrected chi connectivity index (χ0v) is 11.7. The maximum absolute atomic E-state index is 12.4. The molecule has 6 nitrogen and oxygen atoms in total. The summed E-state index contributed by atoms with van der Waals surface area (Å²) in [6.45, 7) is 1.23. The van der Waals surface area contributed by atoms with Gasteiger partial charge in [0.1, 0.15) is 6.54 Å². The van der Waals surface area contributed by atoms with E-state index in [9.17, 15) is 9.59 Å². The van der Waals surface area contributed by atoms with Gasteiger partial charge in [-0.15, -0.1) is 0 Å². The number of nitrogens with zero attached hydrogens (tertiary/aromatic N) is 2. The predicted molar refractivity (Wildman–Crippen MR) is 75.7 cm³/mol. The van der Waals surface area contributed by atoms with Crippen molar-refractivity contribution in [3.8, 4) is 5.75 Å². The Labute approximate surface area is 118 Å². The Morgan fingerprint density at radius 2 is 2.30 bits per heavy atom. The Balaban J connectivity index is 2.13. The quantitative estimate of drug-likeness (QED) is 0.854. The average molecular weight is 279 g/mol. The summed E-state index contributed by atoms with van der Waals surface area (Å²) in [6.07, 6.45) is 4.64. The standard InChI is InChI=1S/C14H21N3O3/c1-20-12-6-4-7-16(14(12)19)10-13(18)17-8-3-2-5-11(17)9-15/h4,6-7,11H,2-3,5,8-10,15H2,1H3/t11-/m1/s1. The van der Waals surface area contributed by atoms with Crippen LogP contribution in [0.1, 0.15) is 19.3 Å². The average Bonchev–Trinajstić information content (AvgIpc) is 2.49. The van der Waals surface area contributed by atoms with Gasteiger partial charge in [0.15, 0.2) is 5.75 Å². The Morgan fingerprint density at radius 3 is 3.00 bits per heavy atom. The van der Waals surface area contributed by atoms with Gasteiger partial charge < -0.3 is 19.9 Å². The van der Waals surface area contributed by atoms with Gasteiger partial charge in [-0.25, -0.2) is 0 Å². The summed E-state index contributed by atoms with van der Waals surface area (Å²) in [5, 5.41) is 0. The molecule has 1 saturated heterocycles. The number of hydrogen-bond acceptors (Lipinski definition) is 4. The summed E-state index contributed by atoms with van der Waals surface area (Å²) in [5.41, 5.74) is 5.43. The van der Waals surface area contributed by atoms with Crippen molar-refractivity contribution in [1.82, 2.24) is 9.47 Å². The summed E-state index contributed by atoms with van der Waals surface area (Å²) >= 11 is 0. The molecule has 0 aliphatic carbocycles. The van der Waals surface area contributed by atoms with Gasteiger partial charge in [-0.1, -0.05) is 0 Å². The van der Waals surface area contributed by atoms with Crippen molar-refractivity contribution >= 4 is 5.91 Å². The first-order valence-corrected chi connectivity index (χ1v) is 6.90. The minimum Gasteiger partial charge on any atom is -0.491 e. The number of pyridine rings is 1. The predicted octanol–water partition coefficient (Wildman–Crippen LogP) is 0.197. The second kappa shape index (κ2) is 6.56. The van der Waals surface area contributed by atoms with Gasteiger partial charge >= 0.3 is 0 Å². The van der Waals surface area contributed by atoms with E-state index in [0.717, 1.165) is 25.8 Å². The number of piperidine rings is 1. The first-order chi connectivity index (χ1) is 9.67. The van der Waals surface area contributed by atoms with E-state index >= 15 is 0 Å². The second-order valence-corrected chi connectivity index (χ2v) is 4.98. The number of nitrogens with two attached hydrogens (primary N) is 1. The van der Waals surface area contributed by atoms with E-state index in [2.05, 4.69) is 0 Å². The third kappa shape index (κ3) is 3.01. The molecule has 0 aromatic carbocycles. The van der Waals surface area contributed by atoms with Crippen LogP contribution in [0.25, 0.3) is 0 Å². The first kappa shape index (κ1) is 14.6. The van der Waals surface area contributed by atoms with Crippen LogP contribution in [0.2, 0.25) is 0 Å². The molecule has 110 valence electrons. The molecule has 1 aromatic rings. The summed E-state index contributed by atoms with van der Waals surface area (Å²) in [6, 6.07) is 3.38. The van der Waals surface area contributed by atoms with Crippen LogP contribution in [0, 0.1) is 0 Å². The summed E-state index contributed by atoms with van der Waals surface area (Å²) in [4.78, 5) is 26.2. The van der Waals surface area contributed by atoms with Gasteiger partial charge in [0.25, 0.3) is 5.56 Å². The van der Waals surface area contributed by atoms with Crippen molar-refractivity contribution < 1.29 is 9.53 Å². The smallest absolute Gasteiger partial charge is 0.293 e. The molecule has 2 N–H and O–H groups in total. The number of amides is 1. The Bertz CT molecular complexity index is 527. The van der Waals surface area contributed by atoms with Gasteiger partial charge in [-0.05, 0) is 31.4 Å². The molecular weight excluding hydrogens is 258 g/mol. The molecule has 1 aromatic heterocycles. The Hall–Kier alpha value is -1.82. The molecule has 2 rings (SSSR count). The second-order valence-electron chi connectivity index (χ2n) is 4.98. The highest BCUT2D eigenvalue weighted by Gasteiger charge is 2.25. The fourth-order valence-electron chi connectivity index (χ4n) is 2.61. The van der Waals surface area contributed by atoms with Crippen molar-refractivity contribution in [1.29, 1.82) is 0 Å². The molecule has 0 radical (unpaired) electrons. The molecule has 0 bridgehead atoms. The SMILES string of the molecule is COc1cccn(CC(=O)N2CCCC[C@@H]2CN)c1=O. The van der Waals surface area contributed by atoms with Crippen molar-refractivity contribution in [2.45, 2.75) is 31.8 Å². The highest BCUT2D eigenvalue weighted by atomic mass is 16.5. The molecular formula is C14H21N3O3. The lowest BCUT2D eigenvalue weighted by molar-refractivity contribution is -0.135. The minimum atomic E-state index is -0.287. The molecule has 1 aliphatic heterocycles. The molecule has 1 atom stereocenters. The molecule has 0 unspecified atom stereocenters. The zero-order valence-electron chi connectivity index (χ0n) is 11.7. The highest BCUT2D eigenvalue weighted by molar-refractivity contribution is 5.76. The molecule has 2 heterocycles. The van der Waals surface area contributed by atoms with E-state index in [0.29, 0.717) is 6.54 Å². The van der Waals surface area contributed by atoms with E-state index in [1.807, 2.05) is 0 Å². The monoisotopic (exact) mass is 279 g/mol. The number of methoxy groups -OCH3 is 1. The highest BCUT2D eigenvalue weighted by Crippen LogP contribution is 2.16. The van der Waals surface area contributed by atoms with Crippen LogP contribution in [-0.4, -0.2) is 41.6 Å². The van der Waals surface area contributed by atoms with Gasteiger partial charge in [0, 0.05) is 25.3 Å². The Kier molecular flexibility index (Phi) is 4.79. The summed E-state index contributed by atoms with van der Waals surface area (Å²) in [7, 11) is 1.44. The lowest BCUT2D eigenvalue weighted by Crippen LogP contribution is -2.49. The van der Waals surface area contributed by atoms with Gasteiger partial charge in [0.05, 0.1) is 7.11 Å². The lowest BCUT2D eigenvalue weighted by Gasteiger charge is -2.35. The first-order valence-electron chi connectivity index (χ1n) is 6.90. The van der Waals surface area contributed by atoms with Crippen molar-refractivity contribution in [3.05, 3.63) is 28.7 Å². The third-order valence-electron chi connectivity index (χ3n) is 3.73. The Morgan fingerprint density at radius 1 is 1.50 bits per heavy atom. The number of ether oxygens (including phenoxy) is 1. The summed E-state index contributed by atoms with van der Waals surface area (Å²) < 4.78 is 6.36. The fraction of sp³-hybridized carbons (Fsp3) is 0.571. The number of aromatic nitrogens is 1. The zero-order chi connectivity index (χ0) is 14.5. The van der Waals surface area contributed by atoms with Gasteiger partial charge in [0.2, 0.25) is 5.91 Å². The van der Waals surface area contributed by atoms with E-state index in [-0.39, 0.29) is 29.8 Å². The number of likely N-dealkylation sites (tertiary alicyclic amines) is 1. The molecule has 1 aliphatic rings. The van der Waals surface area contributed by atoms with Crippen molar-refractivity contribution in [3.63, 3.8) is 0 Å². The molecule has 1 fully saturated rings. The number of rotatable bonds is 4. The lowest BCUT2D eigenvalue weighted by atomic mass is 10.0. The van der Waals surface area contributed by atoms with Gasteiger partial charge in [-0.2, -0.15) is 0 Å². The van der Waals surface area contributed by atoms with E-state index in [1.54, 1.807) is 23.2 Å². The minimum absolute atomic E-state index is 0.0343. The van der Waals surface area contributed by atoms with E-state index in [4.69, 9.17) is 10.5 Å². The number of carbonyl (C=O) groups excluding carboxylic acids is 1. The number of hydrogen-bond donors (Lipinski definition) is 1. The van der Waals surface area contributed by atoms with Crippen LogP contribution in [0.3, 0.4) is 0 Å². The molecule has 20 heavy (non-hydrogen) atoms. The topological polar surface area (TPSA) is 77.6 Å².